The largest absolute Gasteiger partial charge is 2.00 e. The van der Waals surface area contributed by atoms with Gasteiger partial charge < -0.3 is 45.9 Å². The molecular weight excluding hydrogens is 999 g/mol. The van der Waals surface area contributed by atoms with E-state index in [0.29, 0.717) is 22.3 Å². The van der Waals surface area contributed by atoms with Crippen LogP contribution in [0.2, 0.25) is 0 Å². The first-order valence-corrected chi connectivity index (χ1v) is 14.9. The van der Waals surface area contributed by atoms with Gasteiger partial charge in [0.15, 0.2) is 0 Å². The van der Waals surface area contributed by atoms with Crippen LogP contribution in [0.4, 0.5) is 0 Å². The molecular formula is C36H24N8O4Pt2. The molecule has 0 radical (unpaired) electrons. The first-order valence-electron chi connectivity index (χ1n) is 14.9. The molecule has 0 fully saturated rings. The topological polar surface area (TPSA) is 124 Å². The second kappa shape index (κ2) is 12.9. The Labute approximate surface area is 312 Å². The van der Waals surface area contributed by atoms with Gasteiger partial charge in [-0.2, -0.15) is 0 Å². The smallest absolute Gasteiger partial charge is 0.508 e. The van der Waals surface area contributed by atoms with Crippen molar-refractivity contribution in [3.8, 4) is 45.3 Å². The molecule has 0 saturated carbocycles. The Morgan fingerprint density at radius 1 is 0.520 bits per heavy atom. The van der Waals surface area contributed by atoms with E-state index in [1.54, 1.807) is 46.6 Å². The minimum atomic E-state index is 0. The van der Waals surface area contributed by atoms with Crippen molar-refractivity contribution in [3.05, 3.63) is 99.2 Å². The molecule has 50 heavy (non-hydrogen) atoms. The van der Waals surface area contributed by atoms with Crippen molar-refractivity contribution < 1.29 is 59.8 Å². The van der Waals surface area contributed by atoms with Crippen molar-refractivity contribution in [2.24, 2.45) is 28.2 Å². The van der Waals surface area contributed by atoms with E-state index in [1.165, 1.54) is 0 Å². The van der Waals surface area contributed by atoms with Gasteiger partial charge >= 0.3 is 42.1 Å². The summed E-state index contributed by atoms with van der Waals surface area (Å²) in [7, 11) is 7.67. The van der Waals surface area contributed by atoms with E-state index in [-0.39, 0.29) is 42.1 Å². The van der Waals surface area contributed by atoms with Crippen LogP contribution in [0, 0.1) is 24.8 Å². The number of aromatic nitrogens is 8. The monoisotopic (exact) mass is 1020 g/mol. The molecule has 12 nitrogen and oxygen atoms in total. The van der Waals surface area contributed by atoms with Crippen LogP contribution in [0.25, 0.3) is 89.2 Å². The van der Waals surface area contributed by atoms with Crippen LogP contribution in [-0.4, -0.2) is 38.2 Å². The Bertz CT molecular complexity index is 2580. The average molecular weight is 1020 g/mol. The molecule has 14 heteroatoms. The molecule has 0 bridgehead atoms. The normalized spacial score (nSPS) is 11.3. The molecule has 10 aromatic rings. The Morgan fingerprint density at radius 2 is 0.880 bits per heavy atom. The number of aryl methyl sites for hydroxylation is 4. The number of benzene rings is 2. The fourth-order valence-corrected chi connectivity index (χ4v) is 5.88. The van der Waals surface area contributed by atoms with Crippen LogP contribution in [0.3, 0.4) is 0 Å². The van der Waals surface area contributed by atoms with Crippen molar-refractivity contribution in [3.63, 3.8) is 0 Å². The van der Waals surface area contributed by atoms with E-state index >= 15 is 0 Å². The fraction of sp³-hybridized carbons (Fsp3) is 0.111. The molecule has 10 rings (SSSR count). The van der Waals surface area contributed by atoms with Crippen LogP contribution in [0.5, 0.6) is 0 Å². The van der Waals surface area contributed by atoms with Gasteiger partial charge in [0.1, 0.15) is 11.6 Å². The quantitative estimate of drug-likeness (QED) is 0.171. The maximum absolute atomic E-state index is 5.68. The van der Waals surface area contributed by atoms with E-state index in [2.05, 4.69) is 44.7 Å². The SMILES string of the molecule is Cn1[c-]nc(-c2coc3cc4occ(-c5nccn5C)c4[c-]c23)c1.Cn1[c-]nc(-c2coc3cc4occ(-c5nccn5C)c4[c-]c23)c1.[Pt+2].[Pt+2]. The van der Waals surface area contributed by atoms with Crippen LogP contribution < -0.4 is 0 Å². The number of nitrogens with zero attached hydrogens (tertiary/aromatic N) is 8. The zero-order chi connectivity index (χ0) is 32.5. The summed E-state index contributed by atoms with van der Waals surface area (Å²) in [5.41, 5.74) is 8.03. The Balaban J connectivity index is 0.000000151. The molecule has 0 aliphatic rings. The van der Waals surface area contributed by atoms with Gasteiger partial charge in [-0.15, -0.1) is 24.5 Å². The summed E-state index contributed by atoms with van der Waals surface area (Å²) in [5, 5.41) is 3.48. The van der Waals surface area contributed by atoms with E-state index < -0.39 is 0 Å². The molecule has 0 aliphatic heterocycles. The van der Waals surface area contributed by atoms with Crippen molar-refractivity contribution in [1.82, 2.24) is 38.2 Å². The number of hydrogen-bond acceptors (Lipinski definition) is 8. The van der Waals surface area contributed by atoms with Gasteiger partial charge in [-0.25, -0.2) is 9.97 Å². The van der Waals surface area contributed by atoms with Gasteiger partial charge in [0.25, 0.3) is 0 Å². The van der Waals surface area contributed by atoms with E-state index in [9.17, 15) is 0 Å². The molecule has 8 aromatic heterocycles. The molecule has 252 valence electrons. The third kappa shape index (κ3) is 5.49. The summed E-state index contributed by atoms with van der Waals surface area (Å²) >= 11 is 0. The summed E-state index contributed by atoms with van der Waals surface area (Å²) in [5.74, 6) is 1.67. The van der Waals surface area contributed by atoms with Crippen LogP contribution >= 0.6 is 0 Å². The maximum atomic E-state index is 5.68. The van der Waals surface area contributed by atoms with Gasteiger partial charge in [-0.1, -0.05) is 44.1 Å². The predicted molar refractivity (Wildman–Crippen MR) is 176 cm³/mol. The third-order valence-corrected chi connectivity index (χ3v) is 8.27. The van der Waals surface area contributed by atoms with Gasteiger partial charge in [0, 0.05) is 64.1 Å². The van der Waals surface area contributed by atoms with E-state index in [4.69, 9.17) is 17.7 Å². The summed E-state index contributed by atoms with van der Waals surface area (Å²) in [6, 6.07) is 10.6. The second-order valence-corrected chi connectivity index (χ2v) is 11.5. The standard InChI is InChI=1S/2C18H12N4O2.2Pt/c2*1-21-7-15(20-10-21)13-8-23-16-6-17-12(5-11(13)16)14(9-24-17)18-19-3-4-22(18)2;;/h2*3-4,6-9H,1-2H3;;/q2*-2;2*+2. The van der Waals surface area contributed by atoms with Gasteiger partial charge in [0.2, 0.25) is 0 Å². The average Bonchev–Trinajstić information content (AvgIpc) is 3.91. The molecule has 0 atom stereocenters. The number of hydrogen-bond donors (Lipinski definition) is 0. The van der Waals surface area contributed by atoms with Crippen molar-refractivity contribution >= 4 is 43.9 Å². The van der Waals surface area contributed by atoms with Crippen LogP contribution in [-0.2, 0) is 70.3 Å². The molecule has 0 unspecified atom stereocenters. The first-order chi connectivity index (χ1) is 23.4. The first kappa shape index (κ1) is 33.3. The fourth-order valence-electron chi connectivity index (χ4n) is 5.88. The van der Waals surface area contributed by atoms with Gasteiger partial charge in [-0.05, 0) is 37.4 Å². The van der Waals surface area contributed by atoms with Crippen molar-refractivity contribution in [2.45, 2.75) is 0 Å². The molecule has 0 saturated heterocycles. The summed E-state index contributed by atoms with van der Waals surface area (Å²) in [6.45, 7) is 0. The van der Waals surface area contributed by atoms with Crippen LogP contribution in [0.15, 0.2) is 92.0 Å². The number of imidazole rings is 4. The molecule has 0 amide bonds. The molecule has 0 spiro atoms. The molecule has 0 aliphatic carbocycles. The zero-order valence-electron chi connectivity index (χ0n) is 26.8. The van der Waals surface area contributed by atoms with E-state index in [0.717, 1.165) is 66.8 Å². The van der Waals surface area contributed by atoms with E-state index in [1.807, 2.05) is 74.2 Å². The number of fused-ring (bicyclic) bond motifs is 4. The Hall–Kier alpha value is -5.18. The summed E-state index contributed by atoms with van der Waals surface area (Å²) < 4.78 is 30.2. The van der Waals surface area contributed by atoms with Gasteiger partial charge in [0.05, 0.1) is 34.9 Å². The summed E-state index contributed by atoms with van der Waals surface area (Å²) in [4.78, 5) is 17.4. The second-order valence-electron chi connectivity index (χ2n) is 11.5. The third-order valence-electron chi connectivity index (χ3n) is 8.27. The van der Waals surface area contributed by atoms with Crippen LogP contribution in [0.1, 0.15) is 0 Å². The van der Waals surface area contributed by atoms with Gasteiger partial charge in [-0.3, -0.25) is 0 Å². The summed E-state index contributed by atoms with van der Waals surface area (Å²) in [6.07, 6.45) is 23.7. The van der Waals surface area contributed by atoms with Crippen molar-refractivity contribution in [2.75, 3.05) is 0 Å². The maximum Gasteiger partial charge on any atom is 2.00 e. The van der Waals surface area contributed by atoms with Crippen molar-refractivity contribution in [1.29, 1.82) is 0 Å². The minimum absolute atomic E-state index is 0. The predicted octanol–water partition coefficient (Wildman–Crippen LogP) is 7.16. The minimum Gasteiger partial charge on any atom is -0.508 e. The number of rotatable bonds is 4. The molecule has 8 heterocycles. The number of furan rings is 4. The Kier molecular flexibility index (Phi) is 8.62. The zero-order valence-corrected chi connectivity index (χ0v) is 31.3. The Morgan fingerprint density at radius 3 is 1.20 bits per heavy atom. The molecule has 2 aromatic carbocycles. The molecule has 0 N–H and O–H groups in total.